The molecule has 33 heavy (non-hydrogen) atoms. The Balaban J connectivity index is 0.00000332. The van der Waals surface area contributed by atoms with Gasteiger partial charge in [-0.15, -0.1) is 25.8 Å². The van der Waals surface area contributed by atoms with E-state index in [-0.39, 0.29) is 35.6 Å². The van der Waals surface area contributed by atoms with E-state index in [9.17, 15) is 14.7 Å². The van der Waals surface area contributed by atoms with Gasteiger partial charge in [0.15, 0.2) is 0 Å². The van der Waals surface area contributed by atoms with Crippen LogP contribution in [0.3, 0.4) is 0 Å². The molecule has 2 rings (SSSR count). The molecule has 0 heterocycles. The zero-order chi connectivity index (χ0) is 24.3. The molecular weight excluding hydrogens is 430 g/mol. The van der Waals surface area contributed by atoms with Crippen LogP contribution in [0.25, 0.3) is 0 Å². The number of carbonyl (C=O) groups excluding carboxylic acids is 1. The Morgan fingerprint density at radius 3 is 2.06 bits per heavy atom. The summed E-state index contributed by atoms with van der Waals surface area (Å²) in [5, 5.41) is 9.67. The zero-order valence-electron chi connectivity index (χ0n) is 20.3. The fourth-order valence-electron chi connectivity index (χ4n) is 4.30. The lowest BCUT2D eigenvalue weighted by Crippen LogP contribution is -2.44. The lowest BCUT2D eigenvalue weighted by atomic mass is 9.81. The minimum Gasteiger partial charge on any atom is -0.477 e. The summed E-state index contributed by atoms with van der Waals surface area (Å²) >= 11 is 4.30. The van der Waals surface area contributed by atoms with E-state index in [0.29, 0.717) is 11.6 Å². The SMILES string of the molecule is C.C=C.CC1CCC(C(=O)N(C(/C=C/C#CC(C)(C)C)=C(/S)C(=O)O)C2CCCCC2)CC1. The normalized spacial score (nSPS) is 22.0. The van der Waals surface area contributed by atoms with Crippen LogP contribution in [0.5, 0.6) is 0 Å². The van der Waals surface area contributed by atoms with Gasteiger partial charge in [-0.3, -0.25) is 4.79 Å². The van der Waals surface area contributed by atoms with E-state index >= 15 is 0 Å². The standard InChI is InChI=1S/C25H37NO3S.C2H4.CH4/c1-18-13-15-19(16-14-18)23(27)26(20-10-6-5-7-11-20)21(22(30)24(28)29)12-8-9-17-25(2,3)4;1-2;/h8,12,18-20,30H,5-7,10-11,13-16H2,1-4H3,(H,28,29);1-2H2;1H4/b12-8+,22-21+;;. The second kappa shape index (κ2) is 15.1. The molecule has 0 spiro atoms. The third-order valence-electron chi connectivity index (χ3n) is 6.02. The van der Waals surface area contributed by atoms with Gasteiger partial charge in [-0.05, 0) is 77.4 Å². The van der Waals surface area contributed by atoms with Gasteiger partial charge in [0, 0.05) is 17.4 Å². The number of carboxylic acids is 1. The highest BCUT2D eigenvalue weighted by Gasteiger charge is 2.35. The first-order valence-corrected chi connectivity index (χ1v) is 12.2. The molecule has 2 saturated carbocycles. The summed E-state index contributed by atoms with van der Waals surface area (Å²) < 4.78 is 0. The second-order valence-electron chi connectivity index (χ2n) is 9.85. The predicted octanol–water partition coefficient (Wildman–Crippen LogP) is 7.24. The molecule has 2 aliphatic rings. The van der Waals surface area contributed by atoms with Gasteiger partial charge in [-0.25, -0.2) is 4.79 Å². The predicted molar refractivity (Wildman–Crippen MR) is 143 cm³/mol. The molecule has 0 unspecified atom stereocenters. The average Bonchev–Trinajstić information content (AvgIpc) is 2.76. The highest BCUT2D eigenvalue weighted by molar-refractivity contribution is 7.85. The van der Waals surface area contributed by atoms with E-state index in [1.807, 2.05) is 20.8 Å². The molecule has 186 valence electrons. The monoisotopic (exact) mass is 475 g/mol. The van der Waals surface area contributed by atoms with Crippen molar-refractivity contribution in [2.45, 2.75) is 99.0 Å². The molecule has 0 atom stereocenters. The minimum atomic E-state index is -1.12. The lowest BCUT2D eigenvalue weighted by Gasteiger charge is -2.39. The van der Waals surface area contributed by atoms with Crippen molar-refractivity contribution in [3.05, 3.63) is 35.9 Å². The largest absolute Gasteiger partial charge is 0.477 e. The topological polar surface area (TPSA) is 57.6 Å². The Hall–Kier alpha value is -1.93. The number of rotatable bonds is 5. The number of thiol groups is 1. The van der Waals surface area contributed by atoms with Crippen LogP contribution in [0.4, 0.5) is 0 Å². The second-order valence-corrected chi connectivity index (χ2v) is 10.3. The summed E-state index contributed by atoms with van der Waals surface area (Å²) in [6, 6.07) is 0.0299. The molecule has 4 nitrogen and oxygen atoms in total. The number of nitrogens with zero attached hydrogens (tertiary/aromatic N) is 1. The summed E-state index contributed by atoms with van der Waals surface area (Å²) in [6.07, 6.45) is 12.3. The first-order valence-electron chi connectivity index (χ1n) is 11.8. The zero-order valence-corrected chi connectivity index (χ0v) is 21.2. The van der Waals surface area contributed by atoms with Crippen LogP contribution in [-0.4, -0.2) is 27.9 Å². The maximum absolute atomic E-state index is 13.7. The summed E-state index contributed by atoms with van der Waals surface area (Å²) in [5.74, 6) is 5.68. The smallest absolute Gasteiger partial charge is 0.344 e. The fraction of sp³-hybridized carbons (Fsp3) is 0.643. The van der Waals surface area contributed by atoms with Crippen molar-refractivity contribution < 1.29 is 14.7 Å². The maximum Gasteiger partial charge on any atom is 0.344 e. The van der Waals surface area contributed by atoms with Gasteiger partial charge >= 0.3 is 5.97 Å². The van der Waals surface area contributed by atoms with Crippen molar-refractivity contribution in [1.29, 1.82) is 0 Å². The number of aliphatic carboxylic acids is 1. The number of carboxylic acid groups (broad SMARTS) is 1. The van der Waals surface area contributed by atoms with Gasteiger partial charge in [-0.2, -0.15) is 0 Å². The number of amides is 1. The third kappa shape index (κ3) is 10.3. The van der Waals surface area contributed by atoms with Crippen molar-refractivity contribution >= 4 is 24.5 Å². The van der Waals surface area contributed by atoms with E-state index in [1.54, 1.807) is 17.1 Å². The van der Waals surface area contributed by atoms with Crippen LogP contribution in [0.1, 0.15) is 92.9 Å². The Bertz CT molecular complexity index is 752. The van der Waals surface area contributed by atoms with Gasteiger partial charge in [0.05, 0.1) is 5.70 Å². The summed E-state index contributed by atoms with van der Waals surface area (Å²) in [6.45, 7) is 14.3. The van der Waals surface area contributed by atoms with E-state index in [2.05, 4.69) is 44.6 Å². The number of hydrogen-bond donors (Lipinski definition) is 2. The number of allylic oxidation sites excluding steroid dienone is 2. The van der Waals surface area contributed by atoms with Gasteiger partial charge in [0.25, 0.3) is 0 Å². The van der Waals surface area contributed by atoms with E-state index in [4.69, 9.17) is 0 Å². The Morgan fingerprint density at radius 2 is 1.58 bits per heavy atom. The summed E-state index contributed by atoms with van der Waals surface area (Å²) in [5.41, 5.74) is 0.229. The molecule has 1 N–H and O–H groups in total. The number of carbonyl (C=O) groups is 2. The van der Waals surface area contributed by atoms with E-state index < -0.39 is 5.97 Å². The van der Waals surface area contributed by atoms with Crippen LogP contribution in [-0.2, 0) is 9.59 Å². The van der Waals surface area contributed by atoms with E-state index in [0.717, 1.165) is 57.8 Å². The van der Waals surface area contributed by atoms with Crippen LogP contribution >= 0.6 is 12.6 Å². The maximum atomic E-state index is 13.7. The van der Waals surface area contributed by atoms with Crippen LogP contribution < -0.4 is 0 Å². The molecule has 0 bridgehead atoms. The molecule has 0 aromatic carbocycles. The molecule has 0 aromatic rings. The highest BCUT2D eigenvalue weighted by atomic mass is 32.1. The van der Waals surface area contributed by atoms with Crippen molar-refractivity contribution in [1.82, 2.24) is 4.90 Å². The van der Waals surface area contributed by atoms with Crippen LogP contribution in [0.2, 0.25) is 0 Å². The number of hydrogen-bond acceptors (Lipinski definition) is 3. The molecule has 5 heteroatoms. The molecule has 2 fully saturated rings. The molecule has 0 aromatic heterocycles. The van der Waals surface area contributed by atoms with Crippen molar-refractivity contribution in [2.75, 3.05) is 0 Å². The minimum absolute atomic E-state index is 0. The Morgan fingerprint density at radius 1 is 1.03 bits per heavy atom. The summed E-state index contributed by atoms with van der Waals surface area (Å²) in [7, 11) is 0. The molecule has 0 aliphatic heterocycles. The quantitative estimate of drug-likeness (QED) is 0.145. The highest BCUT2D eigenvalue weighted by Crippen LogP contribution is 2.35. The van der Waals surface area contributed by atoms with Crippen LogP contribution in [0.15, 0.2) is 35.9 Å². The Kier molecular flexibility index (Phi) is 14.2. The molecule has 2 aliphatic carbocycles. The molecule has 1 amide bonds. The van der Waals surface area contributed by atoms with Crippen molar-refractivity contribution in [3.63, 3.8) is 0 Å². The molecular formula is C28H45NO3S. The van der Waals surface area contributed by atoms with E-state index in [1.165, 1.54) is 0 Å². The van der Waals surface area contributed by atoms with Gasteiger partial charge in [-0.1, -0.05) is 45.5 Å². The third-order valence-corrected chi connectivity index (χ3v) is 6.44. The van der Waals surface area contributed by atoms with Crippen LogP contribution in [0, 0.1) is 29.1 Å². The fourth-order valence-corrected chi connectivity index (χ4v) is 4.48. The van der Waals surface area contributed by atoms with Gasteiger partial charge in [0.2, 0.25) is 5.91 Å². The van der Waals surface area contributed by atoms with Crippen molar-refractivity contribution in [3.8, 4) is 11.8 Å². The Labute approximate surface area is 208 Å². The average molecular weight is 476 g/mol. The molecule has 0 radical (unpaired) electrons. The lowest BCUT2D eigenvalue weighted by molar-refractivity contribution is -0.137. The first-order chi connectivity index (χ1) is 15.1. The molecule has 0 saturated heterocycles. The van der Waals surface area contributed by atoms with Gasteiger partial charge < -0.3 is 10.0 Å². The van der Waals surface area contributed by atoms with Gasteiger partial charge in [0.1, 0.15) is 4.91 Å². The van der Waals surface area contributed by atoms with Crippen molar-refractivity contribution in [2.24, 2.45) is 17.3 Å². The summed E-state index contributed by atoms with van der Waals surface area (Å²) in [4.78, 5) is 27.2. The first kappa shape index (κ1) is 31.1.